The molecule has 0 saturated carbocycles. The van der Waals surface area contributed by atoms with Crippen LogP contribution in [-0.4, -0.2) is 23.5 Å². The highest BCUT2D eigenvalue weighted by atomic mass is 35.5. The first-order valence-electron chi connectivity index (χ1n) is 4.81. The van der Waals surface area contributed by atoms with Gasteiger partial charge in [0.25, 0.3) is 0 Å². The summed E-state index contributed by atoms with van der Waals surface area (Å²) in [6.07, 6.45) is 4.00. The Labute approximate surface area is 104 Å². The molecule has 2 rings (SSSR count). The number of nitrogens with zero attached hydrogens (tertiary/aromatic N) is 2. The van der Waals surface area contributed by atoms with Crippen molar-refractivity contribution in [1.82, 2.24) is 9.88 Å². The SMILES string of the molecule is CN1CCC[C@H]1c1cnc(Cl)c(Cl)c1Cl. The molecule has 1 atom stereocenters. The van der Waals surface area contributed by atoms with Gasteiger partial charge in [0.1, 0.15) is 5.15 Å². The third-order valence-electron chi connectivity index (χ3n) is 2.82. The molecule has 5 heteroatoms. The van der Waals surface area contributed by atoms with Gasteiger partial charge in [-0.1, -0.05) is 34.8 Å². The largest absolute Gasteiger partial charge is 0.299 e. The number of rotatable bonds is 1. The van der Waals surface area contributed by atoms with Gasteiger partial charge in [-0.2, -0.15) is 0 Å². The number of pyridine rings is 1. The Morgan fingerprint density at radius 3 is 2.67 bits per heavy atom. The van der Waals surface area contributed by atoms with Crippen molar-refractivity contribution in [3.05, 3.63) is 27.0 Å². The standard InChI is InChI=1S/C10H11Cl3N2/c1-15-4-2-3-7(15)6-5-14-10(13)9(12)8(6)11/h5,7H,2-4H2,1H3/t7-/m0/s1. The third kappa shape index (κ3) is 2.09. The van der Waals surface area contributed by atoms with Crippen molar-refractivity contribution in [1.29, 1.82) is 0 Å². The van der Waals surface area contributed by atoms with Crippen LogP contribution >= 0.6 is 34.8 Å². The fraction of sp³-hybridized carbons (Fsp3) is 0.500. The maximum atomic E-state index is 6.16. The molecule has 82 valence electrons. The summed E-state index contributed by atoms with van der Waals surface area (Å²) in [7, 11) is 2.08. The number of hydrogen-bond donors (Lipinski definition) is 0. The van der Waals surface area contributed by atoms with Crippen LogP contribution in [0.3, 0.4) is 0 Å². The number of likely N-dealkylation sites (tertiary alicyclic amines) is 1. The van der Waals surface area contributed by atoms with E-state index in [0.29, 0.717) is 16.1 Å². The lowest BCUT2D eigenvalue weighted by molar-refractivity contribution is 0.317. The van der Waals surface area contributed by atoms with Crippen LogP contribution in [-0.2, 0) is 0 Å². The first-order valence-corrected chi connectivity index (χ1v) is 5.94. The van der Waals surface area contributed by atoms with Crippen molar-refractivity contribution in [3.63, 3.8) is 0 Å². The molecule has 0 bridgehead atoms. The zero-order valence-corrected chi connectivity index (χ0v) is 10.6. The van der Waals surface area contributed by atoms with Crippen molar-refractivity contribution in [3.8, 4) is 0 Å². The zero-order valence-electron chi connectivity index (χ0n) is 8.30. The summed E-state index contributed by atoms with van der Waals surface area (Å²) in [6.45, 7) is 1.08. The molecule has 0 unspecified atom stereocenters. The Hall–Kier alpha value is -0.0200. The molecule has 1 aliphatic heterocycles. The third-order valence-corrected chi connectivity index (χ3v) is 4.08. The maximum absolute atomic E-state index is 6.16. The predicted octanol–water partition coefficient (Wildman–Crippen LogP) is 3.81. The van der Waals surface area contributed by atoms with Crippen LogP contribution in [0.2, 0.25) is 15.2 Å². The zero-order chi connectivity index (χ0) is 11.0. The topological polar surface area (TPSA) is 16.1 Å². The first-order chi connectivity index (χ1) is 7.11. The van der Waals surface area contributed by atoms with E-state index >= 15 is 0 Å². The molecule has 1 aliphatic rings. The Balaban J connectivity index is 2.40. The van der Waals surface area contributed by atoms with Gasteiger partial charge < -0.3 is 0 Å². The maximum Gasteiger partial charge on any atom is 0.149 e. The minimum absolute atomic E-state index is 0.270. The Kier molecular flexibility index (Phi) is 3.41. The van der Waals surface area contributed by atoms with Gasteiger partial charge in [-0.05, 0) is 26.4 Å². The van der Waals surface area contributed by atoms with Gasteiger partial charge in [-0.25, -0.2) is 4.98 Å². The number of halogens is 3. The molecule has 1 aromatic heterocycles. The van der Waals surface area contributed by atoms with E-state index in [4.69, 9.17) is 34.8 Å². The molecule has 2 heterocycles. The summed E-state index contributed by atoms with van der Waals surface area (Å²) >= 11 is 17.9. The quantitative estimate of drug-likeness (QED) is 0.718. The summed E-state index contributed by atoms with van der Waals surface area (Å²) in [4.78, 5) is 6.30. The second-order valence-electron chi connectivity index (χ2n) is 3.77. The van der Waals surface area contributed by atoms with E-state index in [1.807, 2.05) is 0 Å². The molecule has 0 radical (unpaired) electrons. The lowest BCUT2D eigenvalue weighted by Gasteiger charge is -2.20. The van der Waals surface area contributed by atoms with Crippen molar-refractivity contribution < 1.29 is 0 Å². The summed E-state index contributed by atoms with van der Waals surface area (Å²) in [5, 5.41) is 1.16. The first kappa shape index (κ1) is 11.5. The van der Waals surface area contributed by atoms with E-state index in [-0.39, 0.29) is 5.15 Å². The van der Waals surface area contributed by atoms with E-state index in [0.717, 1.165) is 18.5 Å². The Morgan fingerprint density at radius 1 is 1.33 bits per heavy atom. The minimum Gasteiger partial charge on any atom is -0.299 e. The monoisotopic (exact) mass is 264 g/mol. The number of hydrogen-bond acceptors (Lipinski definition) is 2. The van der Waals surface area contributed by atoms with Crippen molar-refractivity contribution in [2.75, 3.05) is 13.6 Å². The summed E-state index contributed by atoms with van der Waals surface area (Å²) < 4.78 is 0. The van der Waals surface area contributed by atoms with Crippen LogP contribution in [0, 0.1) is 0 Å². The van der Waals surface area contributed by atoms with E-state index in [1.54, 1.807) is 6.20 Å². The lowest BCUT2D eigenvalue weighted by atomic mass is 10.1. The smallest absolute Gasteiger partial charge is 0.149 e. The molecule has 1 fully saturated rings. The van der Waals surface area contributed by atoms with Gasteiger partial charge in [0.2, 0.25) is 0 Å². The normalized spacial score (nSPS) is 22.3. The van der Waals surface area contributed by atoms with Gasteiger partial charge >= 0.3 is 0 Å². The van der Waals surface area contributed by atoms with E-state index < -0.39 is 0 Å². The van der Waals surface area contributed by atoms with Crippen molar-refractivity contribution in [2.24, 2.45) is 0 Å². The molecular formula is C10H11Cl3N2. The second kappa shape index (κ2) is 4.46. The lowest BCUT2D eigenvalue weighted by Crippen LogP contribution is -2.18. The summed E-state index contributed by atoms with van der Waals surface area (Å²) in [6, 6.07) is 0.319. The van der Waals surface area contributed by atoms with Gasteiger partial charge in [0.15, 0.2) is 0 Å². The Morgan fingerprint density at radius 2 is 2.07 bits per heavy atom. The molecule has 2 nitrogen and oxygen atoms in total. The molecule has 0 aromatic carbocycles. The van der Waals surface area contributed by atoms with Crippen LogP contribution in [0.4, 0.5) is 0 Å². The number of aromatic nitrogens is 1. The highest BCUT2D eigenvalue weighted by Crippen LogP contribution is 2.39. The average Bonchev–Trinajstić information content (AvgIpc) is 2.62. The molecule has 0 aliphatic carbocycles. The van der Waals surface area contributed by atoms with Crippen LogP contribution in [0.25, 0.3) is 0 Å². The molecular weight excluding hydrogens is 254 g/mol. The van der Waals surface area contributed by atoms with E-state index in [2.05, 4.69) is 16.9 Å². The summed E-state index contributed by atoms with van der Waals surface area (Å²) in [5.74, 6) is 0. The predicted molar refractivity (Wildman–Crippen MR) is 63.9 cm³/mol. The molecule has 1 saturated heterocycles. The van der Waals surface area contributed by atoms with Crippen molar-refractivity contribution in [2.45, 2.75) is 18.9 Å². The molecule has 0 amide bonds. The highest BCUT2D eigenvalue weighted by molar-refractivity contribution is 6.47. The molecule has 0 N–H and O–H groups in total. The van der Waals surface area contributed by atoms with Gasteiger partial charge in [-0.3, -0.25) is 4.90 Å². The Bertz CT molecular complexity index is 381. The van der Waals surface area contributed by atoms with E-state index in [9.17, 15) is 0 Å². The van der Waals surface area contributed by atoms with Gasteiger partial charge in [-0.15, -0.1) is 0 Å². The molecule has 15 heavy (non-hydrogen) atoms. The van der Waals surface area contributed by atoms with Crippen LogP contribution in [0.1, 0.15) is 24.4 Å². The highest BCUT2D eigenvalue weighted by Gasteiger charge is 2.26. The molecule has 1 aromatic rings. The molecule has 0 spiro atoms. The van der Waals surface area contributed by atoms with Gasteiger partial charge in [0.05, 0.1) is 10.0 Å². The van der Waals surface area contributed by atoms with Crippen LogP contribution in [0.5, 0.6) is 0 Å². The fourth-order valence-corrected chi connectivity index (χ4v) is 2.61. The fourth-order valence-electron chi connectivity index (χ4n) is 1.99. The van der Waals surface area contributed by atoms with Crippen LogP contribution < -0.4 is 0 Å². The summed E-state index contributed by atoms with van der Waals surface area (Å²) in [5.41, 5.74) is 0.978. The van der Waals surface area contributed by atoms with Gasteiger partial charge in [0, 0.05) is 17.8 Å². The second-order valence-corrected chi connectivity index (χ2v) is 4.88. The minimum atomic E-state index is 0.270. The van der Waals surface area contributed by atoms with E-state index in [1.165, 1.54) is 6.42 Å². The average molecular weight is 266 g/mol. The van der Waals surface area contributed by atoms with Crippen molar-refractivity contribution >= 4 is 34.8 Å². The van der Waals surface area contributed by atoms with Crippen LogP contribution in [0.15, 0.2) is 6.20 Å².